The summed E-state index contributed by atoms with van der Waals surface area (Å²) < 4.78 is 0. The molecule has 0 spiro atoms. The minimum absolute atomic E-state index is 0.184. The van der Waals surface area contributed by atoms with Gasteiger partial charge in [-0.25, -0.2) is 0 Å². The van der Waals surface area contributed by atoms with Crippen molar-refractivity contribution in [3.63, 3.8) is 0 Å². The van der Waals surface area contributed by atoms with Crippen molar-refractivity contribution >= 4 is 23.2 Å². The van der Waals surface area contributed by atoms with Crippen LogP contribution < -0.4 is 5.32 Å². The highest BCUT2D eigenvalue weighted by Gasteiger charge is 2.13. The molecule has 0 aliphatic heterocycles. The Hall–Kier alpha value is -1.09. The fourth-order valence-electron chi connectivity index (χ4n) is 2.16. The smallest absolute Gasteiger partial charge is 0.0439 e. The molecule has 0 radical (unpaired) electrons. The van der Waals surface area contributed by atoms with Crippen LogP contribution >= 0.6 is 23.2 Å². The highest BCUT2D eigenvalue weighted by molar-refractivity contribution is 6.33. The van der Waals surface area contributed by atoms with Crippen LogP contribution in [-0.2, 0) is 6.42 Å². The first-order chi connectivity index (χ1) is 9.60. The van der Waals surface area contributed by atoms with Gasteiger partial charge in [0.05, 0.1) is 0 Å². The molecule has 0 saturated carbocycles. The predicted octanol–water partition coefficient (Wildman–Crippen LogP) is 4.59. The van der Waals surface area contributed by atoms with Crippen molar-refractivity contribution in [3.8, 4) is 0 Å². The zero-order valence-corrected chi connectivity index (χ0v) is 13.2. The van der Waals surface area contributed by atoms with Crippen molar-refractivity contribution in [3.05, 3.63) is 63.4 Å². The maximum absolute atomic E-state index is 6.25. The molecule has 1 aromatic heterocycles. The van der Waals surface area contributed by atoms with E-state index in [1.165, 1.54) is 0 Å². The van der Waals surface area contributed by atoms with E-state index in [0.717, 1.165) is 34.8 Å². The van der Waals surface area contributed by atoms with Crippen LogP contribution in [0.5, 0.6) is 0 Å². The van der Waals surface area contributed by atoms with Crippen LogP contribution in [0.25, 0.3) is 0 Å². The summed E-state index contributed by atoms with van der Waals surface area (Å²) in [6.45, 7) is 4.96. The second kappa shape index (κ2) is 7.07. The van der Waals surface area contributed by atoms with Gasteiger partial charge in [0, 0.05) is 28.0 Å². The topological polar surface area (TPSA) is 24.9 Å². The predicted molar refractivity (Wildman–Crippen MR) is 85.6 cm³/mol. The Morgan fingerprint density at radius 3 is 2.65 bits per heavy atom. The molecular formula is C16H18Cl2N2. The molecule has 0 fully saturated rings. The molecule has 1 unspecified atom stereocenters. The van der Waals surface area contributed by atoms with E-state index in [2.05, 4.69) is 23.3 Å². The van der Waals surface area contributed by atoms with Crippen molar-refractivity contribution in [2.24, 2.45) is 0 Å². The lowest BCUT2D eigenvalue weighted by Gasteiger charge is -2.19. The lowest BCUT2D eigenvalue weighted by Crippen LogP contribution is -2.23. The van der Waals surface area contributed by atoms with E-state index >= 15 is 0 Å². The van der Waals surface area contributed by atoms with E-state index < -0.39 is 0 Å². The third kappa shape index (κ3) is 3.95. The first-order valence-corrected chi connectivity index (χ1v) is 7.45. The monoisotopic (exact) mass is 308 g/mol. The number of nitrogens with zero attached hydrogens (tertiary/aromatic N) is 1. The Kier molecular flexibility index (Phi) is 5.41. The Morgan fingerprint density at radius 1 is 1.20 bits per heavy atom. The van der Waals surface area contributed by atoms with Crippen molar-refractivity contribution in [2.75, 3.05) is 6.54 Å². The number of rotatable bonds is 5. The van der Waals surface area contributed by atoms with E-state index in [1.54, 1.807) is 0 Å². The summed E-state index contributed by atoms with van der Waals surface area (Å²) in [4.78, 5) is 4.36. The van der Waals surface area contributed by atoms with Crippen molar-refractivity contribution in [1.82, 2.24) is 10.3 Å². The molecule has 0 bridgehead atoms. The second-order valence-corrected chi connectivity index (χ2v) is 5.63. The zero-order chi connectivity index (χ0) is 14.5. The molecule has 20 heavy (non-hydrogen) atoms. The lowest BCUT2D eigenvalue weighted by molar-refractivity contribution is 0.548. The Bertz CT molecular complexity index is 567. The van der Waals surface area contributed by atoms with E-state index in [9.17, 15) is 0 Å². The molecule has 1 aromatic carbocycles. The number of aromatic nitrogens is 1. The second-order valence-electron chi connectivity index (χ2n) is 4.78. The van der Waals surface area contributed by atoms with Gasteiger partial charge in [0.15, 0.2) is 0 Å². The van der Waals surface area contributed by atoms with E-state index in [4.69, 9.17) is 23.2 Å². The molecule has 0 aliphatic rings. The third-order valence-electron chi connectivity index (χ3n) is 3.22. The lowest BCUT2D eigenvalue weighted by atomic mass is 10.00. The van der Waals surface area contributed by atoms with E-state index in [1.807, 2.05) is 37.4 Å². The van der Waals surface area contributed by atoms with Crippen LogP contribution in [0.3, 0.4) is 0 Å². The molecule has 2 nitrogen and oxygen atoms in total. The fourth-order valence-corrected chi connectivity index (χ4v) is 2.55. The van der Waals surface area contributed by atoms with Crippen molar-refractivity contribution in [1.29, 1.82) is 0 Å². The third-order valence-corrected chi connectivity index (χ3v) is 3.82. The Labute approximate surface area is 130 Å². The number of pyridine rings is 1. The average molecular weight is 309 g/mol. The number of halogens is 2. The first-order valence-electron chi connectivity index (χ1n) is 6.70. The van der Waals surface area contributed by atoms with Crippen LogP contribution in [0.15, 0.2) is 36.5 Å². The molecule has 4 heteroatoms. The van der Waals surface area contributed by atoms with Gasteiger partial charge in [-0.1, -0.05) is 36.2 Å². The van der Waals surface area contributed by atoms with Gasteiger partial charge in [-0.3, -0.25) is 4.98 Å². The SMILES string of the molecule is CCNC(Cc1cc(Cl)ccc1Cl)c1ccc(C)nc1. The van der Waals surface area contributed by atoms with Gasteiger partial charge in [-0.05, 0) is 55.3 Å². The largest absolute Gasteiger partial charge is 0.310 e. The summed E-state index contributed by atoms with van der Waals surface area (Å²) in [7, 11) is 0. The number of nitrogens with one attached hydrogen (secondary N) is 1. The van der Waals surface area contributed by atoms with Gasteiger partial charge in [0.2, 0.25) is 0 Å². The Morgan fingerprint density at radius 2 is 2.00 bits per heavy atom. The van der Waals surface area contributed by atoms with Crippen molar-refractivity contribution < 1.29 is 0 Å². The molecule has 2 rings (SSSR count). The first kappa shape index (κ1) is 15.3. The number of hydrogen-bond acceptors (Lipinski definition) is 2. The summed E-state index contributed by atoms with van der Waals surface area (Å²) in [5, 5.41) is 4.93. The van der Waals surface area contributed by atoms with Crippen LogP contribution in [0.1, 0.15) is 29.8 Å². The molecule has 0 saturated heterocycles. The summed E-state index contributed by atoms with van der Waals surface area (Å²) in [6, 6.07) is 9.89. The van der Waals surface area contributed by atoms with Gasteiger partial charge in [0.25, 0.3) is 0 Å². The normalized spacial score (nSPS) is 12.4. The summed E-state index contributed by atoms with van der Waals surface area (Å²) in [5.41, 5.74) is 3.23. The van der Waals surface area contributed by atoms with Crippen LogP contribution in [0.2, 0.25) is 10.0 Å². The van der Waals surface area contributed by atoms with Crippen LogP contribution in [0.4, 0.5) is 0 Å². The van der Waals surface area contributed by atoms with Gasteiger partial charge in [0.1, 0.15) is 0 Å². The van der Waals surface area contributed by atoms with Crippen molar-refractivity contribution in [2.45, 2.75) is 26.3 Å². The molecular weight excluding hydrogens is 291 g/mol. The molecule has 0 amide bonds. The number of hydrogen-bond donors (Lipinski definition) is 1. The molecule has 1 atom stereocenters. The zero-order valence-electron chi connectivity index (χ0n) is 11.7. The van der Waals surface area contributed by atoms with Gasteiger partial charge in [-0.2, -0.15) is 0 Å². The molecule has 1 heterocycles. The van der Waals surface area contributed by atoms with E-state index in [-0.39, 0.29) is 6.04 Å². The highest BCUT2D eigenvalue weighted by atomic mass is 35.5. The minimum Gasteiger partial charge on any atom is -0.310 e. The van der Waals surface area contributed by atoms with Gasteiger partial charge >= 0.3 is 0 Å². The number of aryl methyl sites for hydroxylation is 1. The summed E-state index contributed by atoms with van der Waals surface area (Å²) in [6.07, 6.45) is 2.71. The maximum Gasteiger partial charge on any atom is 0.0439 e. The fraction of sp³-hybridized carbons (Fsp3) is 0.312. The summed E-state index contributed by atoms with van der Waals surface area (Å²) in [5.74, 6) is 0. The minimum atomic E-state index is 0.184. The average Bonchev–Trinajstić information content (AvgIpc) is 2.43. The molecule has 2 aromatic rings. The summed E-state index contributed by atoms with van der Waals surface area (Å²) >= 11 is 12.3. The van der Waals surface area contributed by atoms with E-state index in [0.29, 0.717) is 5.02 Å². The molecule has 0 aliphatic carbocycles. The van der Waals surface area contributed by atoms with Gasteiger partial charge < -0.3 is 5.32 Å². The van der Waals surface area contributed by atoms with Crippen LogP contribution in [0, 0.1) is 6.92 Å². The molecule has 106 valence electrons. The number of benzene rings is 1. The number of likely N-dealkylation sites (N-methyl/N-ethyl adjacent to an activating group) is 1. The highest BCUT2D eigenvalue weighted by Crippen LogP contribution is 2.26. The quantitative estimate of drug-likeness (QED) is 0.874. The van der Waals surface area contributed by atoms with Crippen LogP contribution in [-0.4, -0.2) is 11.5 Å². The Balaban J connectivity index is 2.25. The maximum atomic E-state index is 6.25. The standard InChI is InChI=1S/C16H18Cl2N2/c1-3-19-16(12-5-4-11(2)20-10-12)9-13-8-14(17)6-7-15(13)18/h4-8,10,16,19H,3,9H2,1-2H3. The van der Waals surface area contributed by atoms with Gasteiger partial charge in [-0.15, -0.1) is 0 Å². The molecule has 1 N–H and O–H groups in total.